The maximum absolute atomic E-state index is 11.1. The molecule has 1 fully saturated rings. The molecule has 6 unspecified atom stereocenters. The number of rotatable bonds is 5. The Labute approximate surface area is 117 Å². The highest BCUT2D eigenvalue weighted by Crippen LogP contribution is 2.32. The summed E-state index contributed by atoms with van der Waals surface area (Å²) >= 11 is 1.37. The van der Waals surface area contributed by atoms with E-state index in [4.69, 9.17) is 10.5 Å². The van der Waals surface area contributed by atoms with Crippen LogP contribution in [0.2, 0.25) is 0 Å². The maximum Gasteiger partial charge on any atom is 0.220 e. The van der Waals surface area contributed by atoms with Crippen LogP contribution in [0.4, 0.5) is 0 Å². The van der Waals surface area contributed by atoms with Crippen LogP contribution in [0.1, 0.15) is 27.2 Å². The quantitative estimate of drug-likeness (QED) is 0.541. The van der Waals surface area contributed by atoms with Gasteiger partial charge in [0.05, 0.1) is 6.10 Å². The van der Waals surface area contributed by atoms with Crippen LogP contribution in [-0.2, 0) is 9.53 Å². The number of carbonyl (C=O) groups excluding carboxylic acids is 1. The van der Waals surface area contributed by atoms with E-state index in [2.05, 4.69) is 0 Å². The van der Waals surface area contributed by atoms with E-state index in [0.29, 0.717) is 0 Å². The Kier molecular flexibility index (Phi) is 6.07. The maximum atomic E-state index is 11.1. The lowest BCUT2D eigenvalue weighted by atomic mass is 9.92. The number of ether oxygens (including phenoxy) is 1. The zero-order valence-corrected chi connectivity index (χ0v) is 12.2. The lowest BCUT2D eigenvalue weighted by Crippen LogP contribution is -2.57. The van der Waals surface area contributed by atoms with Crippen molar-refractivity contribution in [2.24, 2.45) is 11.7 Å². The Hall–Kier alpha value is -0.340. The van der Waals surface area contributed by atoms with Crippen LogP contribution >= 0.6 is 11.8 Å². The topological polar surface area (TPSA) is 113 Å². The first-order valence-corrected chi connectivity index (χ1v) is 7.32. The molecular weight excluding hydrogens is 270 g/mol. The Balaban J connectivity index is 2.72. The van der Waals surface area contributed by atoms with Crippen LogP contribution in [0.15, 0.2) is 0 Å². The molecule has 0 aromatic heterocycles. The molecule has 1 amide bonds. The van der Waals surface area contributed by atoms with Crippen molar-refractivity contribution in [3.05, 3.63) is 0 Å². The molecule has 5 N–H and O–H groups in total. The standard InChI is InChI=1S/C12H23NO5S/c1-5(2)19-12-10(16)9(15)8(14)7(18-12)4-6(3)11(13)17/h5-10,12,14-16H,4H2,1-3H3,(H2,13,17). The summed E-state index contributed by atoms with van der Waals surface area (Å²) in [5, 5.41) is 29.8. The third-order valence-corrected chi connectivity index (χ3v) is 4.35. The Bertz CT molecular complexity index is 314. The number of primary amides is 1. The van der Waals surface area contributed by atoms with Crippen molar-refractivity contribution in [1.29, 1.82) is 0 Å². The number of hydrogen-bond acceptors (Lipinski definition) is 6. The van der Waals surface area contributed by atoms with Crippen LogP contribution in [0.3, 0.4) is 0 Å². The fourth-order valence-electron chi connectivity index (χ4n) is 1.96. The Morgan fingerprint density at radius 2 is 1.79 bits per heavy atom. The average molecular weight is 293 g/mol. The molecule has 7 heteroatoms. The second kappa shape index (κ2) is 6.90. The molecule has 0 radical (unpaired) electrons. The first-order chi connectivity index (χ1) is 8.73. The van der Waals surface area contributed by atoms with E-state index in [-0.39, 0.29) is 11.7 Å². The predicted octanol–water partition coefficient (Wildman–Crippen LogP) is -0.553. The summed E-state index contributed by atoms with van der Waals surface area (Å²) in [6.45, 7) is 5.53. The molecule has 0 aliphatic carbocycles. The first kappa shape index (κ1) is 16.7. The number of nitrogens with two attached hydrogens (primary N) is 1. The smallest absolute Gasteiger partial charge is 0.220 e. The largest absolute Gasteiger partial charge is 0.388 e. The van der Waals surface area contributed by atoms with E-state index in [1.54, 1.807) is 6.92 Å². The van der Waals surface area contributed by atoms with Crippen molar-refractivity contribution in [3.8, 4) is 0 Å². The summed E-state index contributed by atoms with van der Waals surface area (Å²) in [5.41, 5.74) is 4.56. The van der Waals surface area contributed by atoms with E-state index in [1.165, 1.54) is 11.8 Å². The molecule has 0 spiro atoms. The number of aliphatic hydroxyl groups excluding tert-OH is 3. The number of carbonyl (C=O) groups is 1. The molecule has 0 saturated carbocycles. The van der Waals surface area contributed by atoms with Gasteiger partial charge in [-0.15, -0.1) is 11.8 Å². The lowest BCUT2D eigenvalue weighted by molar-refractivity contribution is -0.201. The van der Waals surface area contributed by atoms with Crippen molar-refractivity contribution < 1.29 is 24.9 Å². The normalized spacial score (nSPS) is 37.3. The van der Waals surface area contributed by atoms with Gasteiger partial charge < -0.3 is 25.8 Å². The van der Waals surface area contributed by atoms with Gasteiger partial charge in [-0.3, -0.25) is 4.79 Å². The number of hydrogen-bond donors (Lipinski definition) is 4. The van der Waals surface area contributed by atoms with Crippen molar-refractivity contribution in [1.82, 2.24) is 0 Å². The second-order valence-corrected chi connectivity index (χ2v) is 6.92. The number of amides is 1. The van der Waals surface area contributed by atoms with Gasteiger partial charge in [-0.2, -0.15) is 0 Å². The molecule has 0 bridgehead atoms. The van der Waals surface area contributed by atoms with Gasteiger partial charge in [0.25, 0.3) is 0 Å². The van der Waals surface area contributed by atoms with Crippen molar-refractivity contribution in [3.63, 3.8) is 0 Å². The van der Waals surface area contributed by atoms with Gasteiger partial charge in [0.2, 0.25) is 5.91 Å². The van der Waals surface area contributed by atoms with Gasteiger partial charge >= 0.3 is 0 Å². The highest BCUT2D eigenvalue weighted by atomic mass is 32.2. The molecule has 112 valence electrons. The summed E-state index contributed by atoms with van der Waals surface area (Å²) < 4.78 is 5.61. The lowest BCUT2D eigenvalue weighted by Gasteiger charge is -2.41. The predicted molar refractivity (Wildman–Crippen MR) is 72.4 cm³/mol. The summed E-state index contributed by atoms with van der Waals surface area (Å²) in [6, 6.07) is 0. The van der Waals surface area contributed by atoms with Crippen LogP contribution in [0.5, 0.6) is 0 Å². The van der Waals surface area contributed by atoms with Crippen molar-refractivity contribution >= 4 is 17.7 Å². The summed E-state index contributed by atoms with van der Waals surface area (Å²) in [6.07, 6.45) is -4.15. The fourth-order valence-corrected chi connectivity index (χ4v) is 3.02. The molecule has 1 saturated heterocycles. The molecular formula is C12H23NO5S. The van der Waals surface area contributed by atoms with Crippen LogP contribution in [0.25, 0.3) is 0 Å². The molecule has 6 atom stereocenters. The first-order valence-electron chi connectivity index (χ1n) is 6.38. The summed E-state index contributed by atoms with van der Waals surface area (Å²) in [7, 11) is 0. The minimum Gasteiger partial charge on any atom is -0.388 e. The Morgan fingerprint density at radius 3 is 2.26 bits per heavy atom. The van der Waals surface area contributed by atoms with E-state index in [1.807, 2.05) is 13.8 Å². The van der Waals surface area contributed by atoms with Gasteiger partial charge in [-0.1, -0.05) is 20.8 Å². The van der Waals surface area contributed by atoms with Crippen LogP contribution in [-0.4, -0.2) is 56.3 Å². The second-order valence-electron chi connectivity index (χ2n) is 5.24. The highest BCUT2D eigenvalue weighted by Gasteiger charge is 2.44. The fraction of sp³-hybridized carbons (Fsp3) is 0.917. The monoisotopic (exact) mass is 293 g/mol. The van der Waals surface area contributed by atoms with E-state index >= 15 is 0 Å². The van der Waals surface area contributed by atoms with Gasteiger partial charge in [-0.25, -0.2) is 0 Å². The zero-order chi connectivity index (χ0) is 14.7. The van der Waals surface area contributed by atoms with Crippen LogP contribution < -0.4 is 5.73 Å². The summed E-state index contributed by atoms with van der Waals surface area (Å²) in [4.78, 5) is 11.1. The third kappa shape index (κ3) is 4.32. The zero-order valence-electron chi connectivity index (χ0n) is 11.4. The van der Waals surface area contributed by atoms with E-state index < -0.39 is 41.7 Å². The molecule has 1 heterocycles. The van der Waals surface area contributed by atoms with E-state index in [9.17, 15) is 20.1 Å². The molecule has 1 aliphatic rings. The molecule has 1 aliphatic heterocycles. The summed E-state index contributed by atoms with van der Waals surface area (Å²) in [5.74, 6) is -0.948. The van der Waals surface area contributed by atoms with Gasteiger partial charge in [0, 0.05) is 11.2 Å². The molecule has 0 aromatic carbocycles. The van der Waals surface area contributed by atoms with Gasteiger partial charge in [0.1, 0.15) is 23.7 Å². The van der Waals surface area contributed by atoms with Crippen molar-refractivity contribution in [2.45, 2.75) is 62.3 Å². The molecule has 6 nitrogen and oxygen atoms in total. The molecule has 0 aromatic rings. The number of thioether (sulfide) groups is 1. The molecule has 19 heavy (non-hydrogen) atoms. The van der Waals surface area contributed by atoms with Gasteiger partial charge in [-0.05, 0) is 6.42 Å². The SMILES string of the molecule is CC(C)SC1OC(CC(C)C(N)=O)C(O)C(O)C1O. The number of aliphatic hydroxyl groups is 3. The van der Waals surface area contributed by atoms with Crippen molar-refractivity contribution in [2.75, 3.05) is 0 Å². The van der Waals surface area contributed by atoms with Gasteiger partial charge in [0.15, 0.2) is 0 Å². The minimum absolute atomic E-state index is 0.205. The van der Waals surface area contributed by atoms with Crippen LogP contribution in [0, 0.1) is 5.92 Å². The van der Waals surface area contributed by atoms with E-state index in [0.717, 1.165) is 0 Å². The Morgan fingerprint density at radius 1 is 1.21 bits per heavy atom. The minimum atomic E-state index is -1.28. The highest BCUT2D eigenvalue weighted by molar-refractivity contribution is 8.00. The third-order valence-electron chi connectivity index (χ3n) is 3.15. The average Bonchev–Trinajstić information content (AvgIpc) is 2.31. The molecule has 1 rings (SSSR count).